The van der Waals surface area contributed by atoms with E-state index in [2.05, 4.69) is 5.32 Å². The first kappa shape index (κ1) is 19.0. The molecule has 0 saturated carbocycles. The number of hydrogen-bond acceptors (Lipinski definition) is 4. The summed E-state index contributed by atoms with van der Waals surface area (Å²) in [4.78, 5) is 0. The van der Waals surface area contributed by atoms with Crippen LogP contribution in [0.1, 0.15) is 24.4 Å². The van der Waals surface area contributed by atoms with Crippen molar-refractivity contribution in [1.29, 1.82) is 0 Å². The highest BCUT2D eigenvalue weighted by molar-refractivity contribution is 7.89. The number of rotatable bonds is 3. The molecule has 1 N–H and O–H groups in total. The summed E-state index contributed by atoms with van der Waals surface area (Å²) in [7, 11) is -3.39. The van der Waals surface area contributed by atoms with Gasteiger partial charge in [-0.05, 0) is 24.5 Å². The first-order valence-corrected chi connectivity index (χ1v) is 9.52. The van der Waals surface area contributed by atoms with E-state index < -0.39 is 15.3 Å². The molecule has 3 rings (SSSR count). The van der Waals surface area contributed by atoms with Crippen molar-refractivity contribution in [3.63, 3.8) is 0 Å². The van der Waals surface area contributed by atoms with E-state index >= 15 is 0 Å². The van der Waals surface area contributed by atoms with Gasteiger partial charge in [0.2, 0.25) is 10.0 Å². The summed E-state index contributed by atoms with van der Waals surface area (Å²) in [5.41, 5.74) is 0.858. The summed E-state index contributed by atoms with van der Waals surface area (Å²) in [6.45, 7) is 2.65. The van der Waals surface area contributed by atoms with Crippen molar-refractivity contribution in [2.24, 2.45) is 0 Å². The summed E-state index contributed by atoms with van der Waals surface area (Å²) >= 11 is 6.28. The lowest BCUT2D eigenvalue weighted by molar-refractivity contribution is 0.0963. The fourth-order valence-electron chi connectivity index (χ4n) is 3.14. The molecule has 2 atom stereocenters. The van der Waals surface area contributed by atoms with Crippen molar-refractivity contribution in [1.82, 2.24) is 9.62 Å². The van der Waals surface area contributed by atoms with E-state index in [1.54, 1.807) is 10.4 Å². The summed E-state index contributed by atoms with van der Waals surface area (Å²) in [5.74, 6) is 0. The number of nitrogens with zero attached hydrogens (tertiary/aromatic N) is 1. The first-order chi connectivity index (χ1) is 10.6. The summed E-state index contributed by atoms with van der Waals surface area (Å²) in [6.07, 6.45) is 1.47. The van der Waals surface area contributed by atoms with Crippen molar-refractivity contribution in [3.8, 4) is 0 Å². The Morgan fingerprint density at radius 3 is 2.78 bits per heavy atom. The highest BCUT2D eigenvalue weighted by Crippen LogP contribution is 2.32. The Morgan fingerprint density at radius 1 is 1.30 bits per heavy atom. The monoisotopic (exact) mass is 380 g/mol. The van der Waals surface area contributed by atoms with Crippen LogP contribution in [0, 0.1) is 0 Å². The predicted octanol–water partition coefficient (Wildman–Crippen LogP) is 2.22. The number of hydrogen-bond donors (Lipinski definition) is 1. The second kappa shape index (κ2) is 8.14. The zero-order valence-corrected chi connectivity index (χ0v) is 15.2. The highest BCUT2D eigenvalue weighted by atomic mass is 35.5. The molecule has 0 amide bonds. The van der Waals surface area contributed by atoms with Gasteiger partial charge in [-0.3, -0.25) is 0 Å². The fraction of sp³-hybridized carbons (Fsp3) is 0.600. The maximum atomic E-state index is 13.0. The molecule has 2 unspecified atom stereocenters. The van der Waals surface area contributed by atoms with Gasteiger partial charge in [0, 0.05) is 31.3 Å². The Labute approximate surface area is 148 Å². The third kappa shape index (κ3) is 4.00. The molecule has 0 aromatic heterocycles. The molecule has 0 bridgehead atoms. The van der Waals surface area contributed by atoms with Gasteiger partial charge in [0.15, 0.2) is 0 Å². The smallest absolute Gasteiger partial charge is 0.219 e. The van der Waals surface area contributed by atoms with Gasteiger partial charge < -0.3 is 10.1 Å². The normalized spacial score (nSPS) is 26.5. The molecule has 1 aromatic carbocycles. The fourth-order valence-corrected chi connectivity index (χ4v) is 5.40. The molecular weight excluding hydrogens is 359 g/mol. The van der Waals surface area contributed by atoms with Crippen LogP contribution in [0.5, 0.6) is 0 Å². The lowest BCUT2D eigenvalue weighted by atomic mass is 10.1. The average molecular weight is 381 g/mol. The topological polar surface area (TPSA) is 58.6 Å². The van der Waals surface area contributed by atoms with E-state index in [4.69, 9.17) is 16.3 Å². The van der Waals surface area contributed by atoms with Crippen LogP contribution in [0.15, 0.2) is 24.3 Å². The van der Waals surface area contributed by atoms with Gasteiger partial charge in [0.1, 0.15) is 0 Å². The van der Waals surface area contributed by atoms with Gasteiger partial charge in [-0.1, -0.05) is 29.8 Å². The molecule has 2 heterocycles. The minimum Gasteiger partial charge on any atom is -0.380 e. The zero-order valence-electron chi connectivity index (χ0n) is 12.8. The summed E-state index contributed by atoms with van der Waals surface area (Å²) in [5, 5.41) is 3.44. The van der Waals surface area contributed by atoms with E-state index in [0.717, 1.165) is 12.0 Å². The second-order valence-electron chi connectivity index (χ2n) is 5.74. The first-order valence-electron chi connectivity index (χ1n) is 7.64. The molecule has 0 radical (unpaired) electrons. The van der Waals surface area contributed by atoms with Crippen LogP contribution < -0.4 is 5.32 Å². The SMILES string of the molecule is Cl.O=S(=O)(C1CCCOC1)N1CCNCC1c1ccccc1Cl. The number of halogens is 2. The van der Waals surface area contributed by atoms with Crippen LogP contribution in [0.3, 0.4) is 0 Å². The lowest BCUT2D eigenvalue weighted by Gasteiger charge is -2.38. The van der Waals surface area contributed by atoms with Gasteiger partial charge >= 0.3 is 0 Å². The third-order valence-electron chi connectivity index (χ3n) is 4.33. The Kier molecular flexibility index (Phi) is 6.71. The molecule has 2 fully saturated rings. The van der Waals surface area contributed by atoms with Crippen LogP contribution in [0.2, 0.25) is 5.02 Å². The van der Waals surface area contributed by atoms with Gasteiger partial charge in [-0.25, -0.2) is 8.42 Å². The minimum absolute atomic E-state index is 0. The molecule has 0 spiro atoms. The largest absolute Gasteiger partial charge is 0.380 e. The molecular formula is C15H22Cl2N2O3S. The van der Waals surface area contributed by atoms with E-state index in [1.807, 2.05) is 18.2 Å². The van der Waals surface area contributed by atoms with Crippen molar-refractivity contribution in [2.75, 3.05) is 32.8 Å². The Bertz CT molecular complexity index is 621. The Hall–Kier alpha value is -0.370. The molecule has 1 aromatic rings. The summed E-state index contributed by atoms with van der Waals surface area (Å²) in [6, 6.07) is 7.20. The van der Waals surface area contributed by atoms with Crippen LogP contribution >= 0.6 is 24.0 Å². The van der Waals surface area contributed by atoms with E-state index in [0.29, 0.717) is 44.3 Å². The molecule has 0 aliphatic carbocycles. The second-order valence-corrected chi connectivity index (χ2v) is 8.31. The number of sulfonamides is 1. The number of nitrogens with one attached hydrogen (secondary N) is 1. The van der Waals surface area contributed by atoms with Gasteiger partial charge in [-0.15, -0.1) is 12.4 Å². The van der Waals surface area contributed by atoms with Crippen LogP contribution in [0.4, 0.5) is 0 Å². The number of benzene rings is 1. The molecule has 130 valence electrons. The van der Waals surface area contributed by atoms with Crippen molar-refractivity contribution >= 4 is 34.0 Å². The maximum absolute atomic E-state index is 13.0. The molecule has 5 nitrogen and oxygen atoms in total. The van der Waals surface area contributed by atoms with E-state index in [9.17, 15) is 8.42 Å². The van der Waals surface area contributed by atoms with E-state index in [1.165, 1.54) is 0 Å². The minimum atomic E-state index is -3.39. The standard InChI is InChI=1S/C15H21ClN2O3S.ClH/c16-14-6-2-1-5-13(14)15-10-17-7-8-18(15)22(19,20)12-4-3-9-21-11-12;/h1-2,5-6,12,15,17H,3-4,7-11H2;1H. The Balaban J connectivity index is 0.00000192. The molecule has 2 aliphatic heterocycles. The molecule has 2 saturated heterocycles. The quantitative estimate of drug-likeness (QED) is 0.873. The predicted molar refractivity (Wildman–Crippen MR) is 93.8 cm³/mol. The maximum Gasteiger partial charge on any atom is 0.219 e. The van der Waals surface area contributed by atoms with Gasteiger partial charge in [-0.2, -0.15) is 4.31 Å². The third-order valence-corrected chi connectivity index (χ3v) is 6.97. The van der Waals surface area contributed by atoms with Crippen LogP contribution in [-0.4, -0.2) is 50.8 Å². The van der Waals surface area contributed by atoms with E-state index in [-0.39, 0.29) is 18.4 Å². The molecule has 23 heavy (non-hydrogen) atoms. The number of ether oxygens (including phenoxy) is 1. The van der Waals surface area contributed by atoms with Crippen LogP contribution in [0.25, 0.3) is 0 Å². The molecule has 8 heteroatoms. The zero-order chi connectivity index (χ0) is 15.6. The highest BCUT2D eigenvalue weighted by Gasteiger charge is 2.39. The lowest BCUT2D eigenvalue weighted by Crippen LogP contribution is -2.52. The number of piperazine rings is 1. The summed E-state index contributed by atoms with van der Waals surface area (Å²) < 4.78 is 33.0. The van der Waals surface area contributed by atoms with Crippen molar-refractivity contribution < 1.29 is 13.2 Å². The van der Waals surface area contributed by atoms with Crippen LogP contribution in [-0.2, 0) is 14.8 Å². The van der Waals surface area contributed by atoms with Gasteiger partial charge in [0.25, 0.3) is 0 Å². The average Bonchev–Trinajstić information content (AvgIpc) is 2.56. The Morgan fingerprint density at radius 2 is 2.09 bits per heavy atom. The van der Waals surface area contributed by atoms with Crippen molar-refractivity contribution in [2.45, 2.75) is 24.1 Å². The van der Waals surface area contributed by atoms with Gasteiger partial charge in [0.05, 0.1) is 17.9 Å². The van der Waals surface area contributed by atoms with Crippen molar-refractivity contribution in [3.05, 3.63) is 34.9 Å². The molecule has 2 aliphatic rings.